The molecule has 0 fully saturated rings. The lowest BCUT2D eigenvalue weighted by Gasteiger charge is -2.12. The maximum Gasteiger partial charge on any atom is 0.234 e. The van der Waals surface area contributed by atoms with Crippen molar-refractivity contribution < 1.29 is 18.7 Å². The van der Waals surface area contributed by atoms with Gasteiger partial charge in [-0.25, -0.2) is 9.07 Å². The second-order valence-corrected chi connectivity index (χ2v) is 8.26. The van der Waals surface area contributed by atoms with Crippen molar-refractivity contribution in [1.29, 1.82) is 0 Å². The number of anilines is 1. The van der Waals surface area contributed by atoms with E-state index in [1.165, 1.54) is 16.8 Å². The number of thioether (sulfide) groups is 1. The zero-order valence-corrected chi connectivity index (χ0v) is 19.2. The Morgan fingerprint density at radius 2 is 1.82 bits per heavy atom. The van der Waals surface area contributed by atoms with E-state index in [1.807, 2.05) is 18.2 Å². The normalized spacial score (nSPS) is 10.6. The molecule has 8 nitrogen and oxygen atoms in total. The fraction of sp³-hybridized carbons (Fsp3) is 0.0870. The molecule has 4 aromatic rings. The number of halogens is 2. The lowest BCUT2D eigenvalue weighted by molar-refractivity contribution is -0.113. The number of nitrogens with zero attached hydrogens (tertiary/aromatic N) is 3. The molecule has 34 heavy (non-hydrogen) atoms. The Balaban J connectivity index is 1.36. The number of rotatable bonds is 9. The second-order valence-electron chi connectivity index (χ2n) is 6.88. The Morgan fingerprint density at radius 3 is 2.62 bits per heavy atom. The number of amides is 1. The van der Waals surface area contributed by atoms with E-state index in [-0.39, 0.29) is 29.8 Å². The molecule has 0 atom stereocenters. The summed E-state index contributed by atoms with van der Waals surface area (Å²) in [7, 11) is 0. The summed E-state index contributed by atoms with van der Waals surface area (Å²) >= 11 is 7.18. The lowest BCUT2D eigenvalue weighted by Crippen LogP contribution is -2.18. The zero-order valence-electron chi connectivity index (χ0n) is 17.7. The molecule has 174 valence electrons. The third-order valence-corrected chi connectivity index (χ3v) is 5.63. The number of carbonyl (C=O) groups excluding carboxylic acids is 1. The minimum absolute atomic E-state index is 0.000788. The summed E-state index contributed by atoms with van der Waals surface area (Å²) < 4.78 is 26.2. The number of hydrogen-bond acceptors (Lipinski definition) is 7. The number of benzene rings is 3. The van der Waals surface area contributed by atoms with Crippen LogP contribution in [0.1, 0.15) is 5.82 Å². The van der Waals surface area contributed by atoms with Crippen LogP contribution < -0.4 is 20.6 Å². The van der Waals surface area contributed by atoms with Crippen LogP contribution in [0.5, 0.6) is 17.2 Å². The first-order valence-corrected chi connectivity index (χ1v) is 11.4. The molecule has 1 amide bonds. The first-order chi connectivity index (χ1) is 16.5. The van der Waals surface area contributed by atoms with Crippen molar-refractivity contribution in [2.45, 2.75) is 11.8 Å². The summed E-state index contributed by atoms with van der Waals surface area (Å²) in [4.78, 5) is 12.6. The maximum absolute atomic E-state index is 13.7. The van der Waals surface area contributed by atoms with Crippen LogP contribution in [0.25, 0.3) is 0 Å². The van der Waals surface area contributed by atoms with Gasteiger partial charge in [-0.05, 0) is 42.5 Å². The molecule has 0 spiro atoms. The standard InChI is InChI=1S/C23H19ClFN5O3S/c24-15-10-11-20(33-16-6-2-1-3-7-16)18(12-15)27-22(31)14-34-23-29-28-21(30(23)26)13-32-19-9-5-4-8-17(19)25/h1-12H,13-14,26H2,(H,27,31). The monoisotopic (exact) mass is 499 g/mol. The van der Waals surface area contributed by atoms with Crippen molar-refractivity contribution in [3.63, 3.8) is 0 Å². The maximum atomic E-state index is 13.7. The van der Waals surface area contributed by atoms with Gasteiger partial charge in [-0.15, -0.1) is 10.2 Å². The van der Waals surface area contributed by atoms with Crippen LogP contribution in [-0.2, 0) is 11.4 Å². The molecule has 0 aliphatic heterocycles. The van der Waals surface area contributed by atoms with Gasteiger partial charge in [-0.3, -0.25) is 4.79 Å². The van der Waals surface area contributed by atoms with E-state index in [0.717, 1.165) is 11.8 Å². The van der Waals surface area contributed by atoms with E-state index in [2.05, 4.69) is 15.5 Å². The van der Waals surface area contributed by atoms with E-state index >= 15 is 0 Å². The molecule has 0 bridgehead atoms. The number of carbonyl (C=O) groups is 1. The molecule has 1 aromatic heterocycles. The SMILES string of the molecule is Nn1c(COc2ccccc2F)nnc1SCC(=O)Nc1cc(Cl)ccc1Oc1ccccc1. The van der Waals surface area contributed by atoms with Gasteiger partial charge in [0.1, 0.15) is 12.4 Å². The smallest absolute Gasteiger partial charge is 0.234 e. The van der Waals surface area contributed by atoms with Crippen LogP contribution >= 0.6 is 23.4 Å². The van der Waals surface area contributed by atoms with Crippen LogP contribution in [0.15, 0.2) is 78.0 Å². The predicted octanol–water partition coefficient (Wildman–Crippen LogP) is 4.89. The van der Waals surface area contributed by atoms with Gasteiger partial charge < -0.3 is 20.6 Å². The second kappa shape index (κ2) is 10.9. The van der Waals surface area contributed by atoms with Gasteiger partial charge in [0.15, 0.2) is 23.1 Å². The summed E-state index contributed by atoms with van der Waals surface area (Å²) in [5.74, 6) is 6.61. The highest BCUT2D eigenvalue weighted by atomic mass is 35.5. The highest BCUT2D eigenvalue weighted by Gasteiger charge is 2.15. The molecular weight excluding hydrogens is 481 g/mol. The van der Waals surface area contributed by atoms with Crippen molar-refractivity contribution in [2.75, 3.05) is 16.9 Å². The molecule has 0 saturated carbocycles. The van der Waals surface area contributed by atoms with Crippen molar-refractivity contribution >= 4 is 35.0 Å². The average molecular weight is 500 g/mol. The van der Waals surface area contributed by atoms with Gasteiger partial charge >= 0.3 is 0 Å². The molecule has 11 heteroatoms. The van der Waals surface area contributed by atoms with Gasteiger partial charge in [0.2, 0.25) is 11.1 Å². The Morgan fingerprint density at radius 1 is 1.06 bits per heavy atom. The lowest BCUT2D eigenvalue weighted by atomic mass is 10.3. The van der Waals surface area contributed by atoms with Crippen LogP contribution in [0, 0.1) is 5.82 Å². The van der Waals surface area contributed by atoms with Gasteiger partial charge in [0.25, 0.3) is 0 Å². The molecule has 3 N–H and O–H groups in total. The van der Waals surface area contributed by atoms with Gasteiger partial charge in [-0.1, -0.05) is 53.7 Å². The van der Waals surface area contributed by atoms with Gasteiger partial charge in [0, 0.05) is 5.02 Å². The molecular formula is C23H19ClFN5O3S. The number of aromatic nitrogens is 3. The molecule has 4 rings (SSSR count). The number of ether oxygens (including phenoxy) is 2. The fourth-order valence-corrected chi connectivity index (χ4v) is 3.68. The topological polar surface area (TPSA) is 104 Å². The first-order valence-electron chi connectivity index (χ1n) is 10.0. The predicted molar refractivity (Wildman–Crippen MR) is 128 cm³/mol. The Labute approximate surface area is 203 Å². The third kappa shape index (κ3) is 5.97. The van der Waals surface area contributed by atoms with Crippen molar-refractivity contribution in [3.05, 3.63) is 89.5 Å². The molecule has 0 aliphatic rings. The number of hydrogen-bond donors (Lipinski definition) is 2. The average Bonchev–Trinajstić information content (AvgIpc) is 3.19. The van der Waals surface area contributed by atoms with Crippen LogP contribution in [0.3, 0.4) is 0 Å². The van der Waals surface area contributed by atoms with E-state index in [4.69, 9.17) is 26.9 Å². The number of para-hydroxylation sites is 2. The molecule has 1 heterocycles. The van der Waals surface area contributed by atoms with E-state index in [1.54, 1.807) is 42.5 Å². The van der Waals surface area contributed by atoms with E-state index < -0.39 is 5.82 Å². The number of nitrogen functional groups attached to an aromatic ring is 1. The number of nitrogens with one attached hydrogen (secondary N) is 1. The molecule has 0 saturated heterocycles. The largest absolute Gasteiger partial charge is 0.482 e. The Kier molecular flexibility index (Phi) is 7.51. The number of nitrogens with two attached hydrogens (primary N) is 1. The summed E-state index contributed by atoms with van der Waals surface area (Å²) in [6.07, 6.45) is 0. The Hall–Kier alpha value is -3.76. The zero-order chi connectivity index (χ0) is 23.9. The molecule has 0 aliphatic carbocycles. The summed E-state index contributed by atoms with van der Waals surface area (Å²) in [6, 6.07) is 20.1. The summed E-state index contributed by atoms with van der Waals surface area (Å²) in [6.45, 7) is -0.0834. The van der Waals surface area contributed by atoms with E-state index in [0.29, 0.717) is 27.4 Å². The van der Waals surface area contributed by atoms with Crippen molar-refractivity contribution in [2.24, 2.45) is 0 Å². The fourth-order valence-electron chi connectivity index (χ4n) is 2.83. The highest BCUT2D eigenvalue weighted by Crippen LogP contribution is 2.32. The highest BCUT2D eigenvalue weighted by molar-refractivity contribution is 7.99. The van der Waals surface area contributed by atoms with Crippen LogP contribution in [0.2, 0.25) is 5.02 Å². The third-order valence-electron chi connectivity index (χ3n) is 4.45. The van der Waals surface area contributed by atoms with E-state index in [9.17, 15) is 9.18 Å². The van der Waals surface area contributed by atoms with Gasteiger partial charge in [0.05, 0.1) is 11.4 Å². The summed E-state index contributed by atoms with van der Waals surface area (Å²) in [5.41, 5.74) is 0.426. The molecule has 0 unspecified atom stereocenters. The molecule has 3 aromatic carbocycles. The van der Waals surface area contributed by atoms with Crippen molar-refractivity contribution in [1.82, 2.24) is 14.9 Å². The first kappa shape index (κ1) is 23.4. The van der Waals surface area contributed by atoms with Crippen LogP contribution in [-0.4, -0.2) is 26.5 Å². The summed E-state index contributed by atoms with van der Waals surface area (Å²) in [5, 5.41) is 11.4. The Bertz CT molecular complexity index is 1290. The quantitative estimate of drug-likeness (QED) is 0.249. The van der Waals surface area contributed by atoms with Gasteiger partial charge in [-0.2, -0.15) is 0 Å². The van der Waals surface area contributed by atoms with Crippen molar-refractivity contribution in [3.8, 4) is 17.2 Å². The minimum Gasteiger partial charge on any atom is -0.482 e. The van der Waals surface area contributed by atoms with Crippen LogP contribution in [0.4, 0.5) is 10.1 Å². The molecule has 0 radical (unpaired) electrons. The minimum atomic E-state index is -0.492.